The van der Waals surface area contributed by atoms with Gasteiger partial charge >= 0.3 is 6.03 Å². The third-order valence-corrected chi connectivity index (χ3v) is 4.72. The minimum Gasteiger partial charge on any atom is -0.321 e. The van der Waals surface area contributed by atoms with Crippen LogP contribution in [0.5, 0.6) is 0 Å². The SMILES string of the molecule is Cc1ccc(NC(=O)N(C)C2CCc3ccccc32)cc1Cl. The molecule has 1 atom stereocenters. The van der Waals surface area contributed by atoms with Gasteiger partial charge in [0.2, 0.25) is 0 Å². The van der Waals surface area contributed by atoms with Crippen LogP contribution in [0, 0.1) is 6.92 Å². The largest absolute Gasteiger partial charge is 0.322 e. The topological polar surface area (TPSA) is 32.3 Å². The molecular formula is C18H19ClN2O. The summed E-state index contributed by atoms with van der Waals surface area (Å²) in [6.07, 6.45) is 1.99. The number of hydrogen-bond acceptors (Lipinski definition) is 1. The maximum absolute atomic E-state index is 12.5. The third kappa shape index (κ3) is 2.81. The second kappa shape index (κ2) is 6.01. The fourth-order valence-electron chi connectivity index (χ4n) is 2.96. The molecule has 3 nitrogen and oxygen atoms in total. The van der Waals surface area contributed by atoms with Gasteiger partial charge in [-0.3, -0.25) is 0 Å². The summed E-state index contributed by atoms with van der Waals surface area (Å²) in [6.45, 7) is 1.94. The van der Waals surface area contributed by atoms with Crippen LogP contribution in [-0.4, -0.2) is 18.0 Å². The quantitative estimate of drug-likeness (QED) is 0.848. The lowest BCUT2D eigenvalue weighted by Gasteiger charge is -2.25. The molecule has 2 aromatic carbocycles. The van der Waals surface area contributed by atoms with Crippen LogP contribution in [0.1, 0.15) is 29.2 Å². The molecule has 0 saturated heterocycles. The van der Waals surface area contributed by atoms with E-state index in [1.54, 1.807) is 11.0 Å². The monoisotopic (exact) mass is 314 g/mol. The van der Waals surface area contributed by atoms with Crippen LogP contribution in [0.3, 0.4) is 0 Å². The molecule has 114 valence electrons. The number of amides is 2. The molecule has 0 aliphatic heterocycles. The molecule has 0 fully saturated rings. The van der Waals surface area contributed by atoms with Crippen molar-refractivity contribution in [2.45, 2.75) is 25.8 Å². The lowest BCUT2D eigenvalue weighted by atomic mass is 10.1. The van der Waals surface area contributed by atoms with E-state index in [0.717, 1.165) is 24.1 Å². The number of rotatable bonds is 2. The van der Waals surface area contributed by atoms with Crippen molar-refractivity contribution in [1.82, 2.24) is 4.90 Å². The first-order valence-corrected chi connectivity index (χ1v) is 7.82. The summed E-state index contributed by atoms with van der Waals surface area (Å²) in [6, 6.07) is 13.9. The van der Waals surface area contributed by atoms with Crippen LogP contribution in [0.15, 0.2) is 42.5 Å². The van der Waals surface area contributed by atoms with Crippen molar-refractivity contribution < 1.29 is 4.79 Å². The smallest absolute Gasteiger partial charge is 0.321 e. The molecule has 0 bridgehead atoms. The van der Waals surface area contributed by atoms with Gasteiger partial charge in [-0.05, 0) is 48.6 Å². The summed E-state index contributed by atoms with van der Waals surface area (Å²) in [5.41, 5.74) is 4.31. The molecular weight excluding hydrogens is 296 g/mol. The molecule has 0 aromatic heterocycles. The summed E-state index contributed by atoms with van der Waals surface area (Å²) >= 11 is 6.11. The zero-order valence-corrected chi connectivity index (χ0v) is 13.5. The maximum Gasteiger partial charge on any atom is 0.322 e. The highest BCUT2D eigenvalue weighted by atomic mass is 35.5. The second-order valence-electron chi connectivity index (χ2n) is 5.76. The van der Waals surface area contributed by atoms with Crippen molar-refractivity contribution in [3.63, 3.8) is 0 Å². The van der Waals surface area contributed by atoms with Gasteiger partial charge in [-0.15, -0.1) is 0 Å². The number of aryl methyl sites for hydroxylation is 2. The summed E-state index contributed by atoms with van der Waals surface area (Å²) in [4.78, 5) is 14.3. The molecule has 2 amide bonds. The number of carbonyl (C=O) groups is 1. The highest BCUT2D eigenvalue weighted by molar-refractivity contribution is 6.31. The number of carbonyl (C=O) groups excluding carboxylic acids is 1. The predicted molar refractivity (Wildman–Crippen MR) is 90.5 cm³/mol. The molecule has 1 N–H and O–H groups in total. The van der Waals surface area contributed by atoms with E-state index in [1.165, 1.54) is 11.1 Å². The Labute approximate surface area is 135 Å². The number of nitrogens with one attached hydrogen (secondary N) is 1. The molecule has 0 radical (unpaired) electrons. The van der Waals surface area contributed by atoms with E-state index in [4.69, 9.17) is 11.6 Å². The third-order valence-electron chi connectivity index (χ3n) is 4.31. The predicted octanol–water partition coefficient (Wildman–Crippen LogP) is 4.80. The summed E-state index contributed by atoms with van der Waals surface area (Å²) in [5.74, 6) is 0. The Morgan fingerprint density at radius 1 is 1.27 bits per heavy atom. The van der Waals surface area contributed by atoms with E-state index in [-0.39, 0.29) is 12.1 Å². The zero-order chi connectivity index (χ0) is 15.7. The molecule has 0 saturated carbocycles. The lowest BCUT2D eigenvalue weighted by Crippen LogP contribution is -2.34. The van der Waals surface area contributed by atoms with Gasteiger partial charge in [0.1, 0.15) is 0 Å². The van der Waals surface area contributed by atoms with Gasteiger partial charge in [0.25, 0.3) is 0 Å². The molecule has 2 aromatic rings. The van der Waals surface area contributed by atoms with Crippen molar-refractivity contribution in [3.05, 3.63) is 64.2 Å². The Morgan fingerprint density at radius 2 is 2.05 bits per heavy atom. The van der Waals surface area contributed by atoms with Crippen molar-refractivity contribution in [2.24, 2.45) is 0 Å². The Hall–Kier alpha value is -2.00. The van der Waals surface area contributed by atoms with E-state index in [2.05, 4.69) is 23.5 Å². The average molecular weight is 315 g/mol. The molecule has 1 aliphatic carbocycles. The van der Waals surface area contributed by atoms with Gasteiger partial charge < -0.3 is 10.2 Å². The van der Waals surface area contributed by atoms with Gasteiger partial charge in [0.15, 0.2) is 0 Å². The van der Waals surface area contributed by atoms with Crippen LogP contribution in [0.25, 0.3) is 0 Å². The lowest BCUT2D eigenvalue weighted by molar-refractivity contribution is 0.204. The molecule has 4 heteroatoms. The zero-order valence-electron chi connectivity index (χ0n) is 12.8. The Kier molecular flexibility index (Phi) is 4.08. The molecule has 0 spiro atoms. The van der Waals surface area contributed by atoms with Crippen LogP contribution >= 0.6 is 11.6 Å². The molecule has 3 rings (SSSR count). The first kappa shape index (κ1) is 14.9. The van der Waals surface area contributed by atoms with Crippen LogP contribution in [-0.2, 0) is 6.42 Å². The van der Waals surface area contributed by atoms with Gasteiger partial charge in [-0.1, -0.05) is 41.9 Å². The Bertz CT molecular complexity index is 714. The van der Waals surface area contributed by atoms with Crippen LogP contribution in [0.4, 0.5) is 10.5 Å². The minimum absolute atomic E-state index is 0.110. The number of nitrogens with zero attached hydrogens (tertiary/aromatic N) is 1. The van der Waals surface area contributed by atoms with Gasteiger partial charge in [0.05, 0.1) is 6.04 Å². The summed E-state index contributed by atoms with van der Waals surface area (Å²) < 4.78 is 0. The highest BCUT2D eigenvalue weighted by Gasteiger charge is 2.28. The number of fused-ring (bicyclic) bond motifs is 1. The number of benzene rings is 2. The summed E-state index contributed by atoms with van der Waals surface area (Å²) in [7, 11) is 1.85. The van der Waals surface area contributed by atoms with Gasteiger partial charge in [-0.25, -0.2) is 4.79 Å². The average Bonchev–Trinajstić information content (AvgIpc) is 2.94. The minimum atomic E-state index is -0.110. The fourth-order valence-corrected chi connectivity index (χ4v) is 3.14. The molecule has 1 unspecified atom stereocenters. The first-order chi connectivity index (χ1) is 10.6. The molecule has 0 heterocycles. The van der Waals surface area contributed by atoms with E-state index >= 15 is 0 Å². The first-order valence-electron chi connectivity index (χ1n) is 7.44. The number of urea groups is 1. The van der Waals surface area contributed by atoms with E-state index in [9.17, 15) is 4.79 Å². The normalized spacial score (nSPS) is 16.2. The van der Waals surface area contributed by atoms with E-state index < -0.39 is 0 Å². The maximum atomic E-state index is 12.5. The Morgan fingerprint density at radius 3 is 2.82 bits per heavy atom. The number of halogens is 1. The van der Waals surface area contributed by atoms with Crippen LogP contribution in [0.2, 0.25) is 5.02 Å². The van der Waals surface area contributed by atoms with Gasteiger partial charge in [0, 0.05) is 17.8 Å². The second-order valence-corrected chi connectivity index (χ2v) is 6.17. The molecule has 22 heavy (non-hydrogen) atoms. The van der Waals surface area contributed by atoms with Crippen molar-refractivity contribution in [2.75, 3.05) is 12.4 Å². The van der Waals surface area contributed by atoms with Crippen molar-refractivity contribution in [1.29, 1.82) is 0 Å². The van der Waals surface area contributed by atoms with E-state index in [1.807, 2.05) is 32.2 Å². The number of anilines is 1. The van der Waals surface area contributed by atoms with E-state index in [0.29, 0.717) is 5.02 Å². The fraction of sp³-hybridized carbons (Fsp3) is 0.278. The Balaban J connectivity index is 1.74. The standard InChI is InChI=1S/C18H19ClN2O/c1-12-7-9-14(11-16(12)19)20-18(22)21(2)17-10-8-13-5-3-4-6-15(13)17/h3-7,9,11,17H,8,10H2,1-2H3,(H,20,22). The highest BCUT2D eigenvalue weighted by Crippen LogP contribution is 2.35. The molecule has 1 aliphatic rings. The number of hydrogen-bond donors (Lipinski definition) is 1. The van der Waals surface area contributed by atoms with Crippen LogP contribution < -0.4 is 5.32 Å². The summed E-state index contributed by atoms with van der Waals surface area (Å²) in [5, 5.41) is 3.58. The van der Waals surface area contributed by atoms with Gasteiger partial charge in [-0.2, -0.15) is 0 Å². The van der Waals surface area contributed by atoms with Crippen molar-refractivity contribution >= 4 is 23.3 Å². The van der Waals surface area contributed by atoms with Crippen molar-refractivity contribution in [3.8, 4) is 0 Å².